The van der Waals surface area contributed by atoms with Crippen molar-refractivity contribution in [3.8, 4) is 0 Å². The van der Waals surface area contributed by atoms with Crippen molar-refractivity contribution < 1.29 is 4.79 Å². The Morgan fingerprint density at radius 3 is 2.50 bits per heavy atom. The lowest BCUT2D eigenvalue weighted by Crippen LogP contribution is -2.46. The van der Waals surface area contributed by atoms with Gasteiger partial charge in [0, 0.05) is 13.1 Å². The highest BCUT2D eigenvalue weighted by Gasteiger charge is 2.22. The first-order valence-corrected chi connectivity index (χ1v) is 7.36. The summed E-state index contributed by atoms with van der Waals surface area (Å²) in [4.78, 5) is 14.3. The molecule has 0 aliphatic carbocycles. The number of nitrogens with one attached hydrogen (secondary N) is 1. The zero-order valence-electron chi connectivity index (χ0n) is 13.0. The number of benzene rings is 1. The molecule has 0 fully saturated rings. The molecule has 20 heavy (non-hydrogen) atoms. The van der Waals surface area contributed by atoms with E-state index in [4.69, 9.17) is 5.73 Å². The Balaban J connectivity index is 2.85. The topological polar surface area (TPSA) is 58.4 Å². The molecule has 0 bridgehead atoms. The average molecular weight is 277 g/mol. The number of hydrogen-bond donors (Lipinski definition) is 2. The molecule has 0 aromatic heterocycles. The van der Waals surface area contributed by atoms with E-state index in [0.717, 1.165) is 18.7 Å². The summed E-state index contributed by atoms with van der Waals surface area (Å²) in [6.45, 7) is 9.72. The van der Waals surface area contributed by atoms with Gasteiger partial charge in [-0.3, -0.25) is 4.79 Å². The maximum absolute atomic E-state index is 12.3. The lowest BCUT2D eigenvalue weighted by molar-refractivity contribution is -0.122. The second-order valence-electron chi connectivity index (χ2n) is 5.57. The number of rotatable bonds is 7. The third kappa shape index (κ3) is 4.44. The maximum atomic E-state index is 12.3. The Bertz CT molecular complexity index is 431. The predicted molar refractivity (Wildman–Crippen MR) is 85.8 cm³/mol. The molecule has 1 atom stereocenters. The second-order valence-corrected chi connectivity index (χ2v) is 5.57. The van der Waals surface area contributed by atoms with Crippen LogP contribution in [0.3, 0.4) is 0 Å². The largest absolute Gasteiger partial charge is 0.397 e. The van der Waals surface area contributed by atoms with Gasteiger partial charge in [0.05, 0.1) is 11.4 Å². The summed E-state index contributed by atoms with van der Waals surface area (Å²) in [5.41, 5.74) is 7.68. The van der Waals surface area contributed by atoms with E-state index in [0.29, 0.717) is 18.2 Å². The van der Waals surface area contributed by atoms with Crippen LogP contribution in [0.15, 0.2) is 24.3 Å². The molecule has 0 saturated heterocycles. The summed E-state index contributed by atoms with van der Waals surface area (Å²) in [6.07, 6.45) is 0.968. The van der Waals surface area contributed by atoms with Gasteiger partial charge in [0.1, 0.15) is 6.04 Å². The van der Waals surface area contributed by atoms with Gasteiger partial charge in [-0.05, 0) is 31.4 Å². The SMILES string of the molecule is CCCN(c1ccccc1N)C(C)C(=O)NCC(C)C. The van der Waals surface area contributed by atoms with Crippen molar-refractivity contribution in [2.45, 2.75) is 40.2 Å². The van der Waals surface area contributed by atoms with Gasteiger partial charge in [-0.25, -0.2) is 0 Å². The molecule has 0 heterocycles. The van der Waals surface area contributed by atoms with E-state index in [1.54, 1.807) is 0 Å². The van der Waals surface area contributed by atoms with E-state index in [1.165, 1.54) is 0 Å². The first kappa shape index (κ1) is 16.3. The van der Waals surface area contributed by atoms with Gasteiger partial charge >= 0.3 is 0 Å². The minimum absolute atomic E-state index is 0.0513. The number of carbonyl (C=O) groups excluding carboxylic acids is 1. The summed E-state index contributed by atoms with van der Waals surface area (Å²) >= 11 is 0. The smallest absolute Gasteiger partial charge is 0.242 e. The third-order valence-corrected chi connectivity index (χ3v) is 3.24. The number of nitrogens with two attached hydrogens (primary N) is 1. The Labute approximate surface area is 122 Å². The fourth-order valence-corrected chi connectivity index (χ4v) is 2.11. The van der Waals surface area contributed by atoms with Crippen LogP contribution in [0.1, 0.15) is 34.1 Å². The number of hydrogen-bond acceptors (Lipinski definition) is 3. The average Bonchev–Trinajstić information content (AvgIpc) is 2.42. The van der Waals surface area contributed by atoms with Gasteiger partial charge in [-0.15, -0.1) is 0 Å². The molecule has 4 heteroatoms. The van der Waals surface area contributed by atoms with Crippen molar-refractivity contribution in [3.05, 3.63) is 24.3 Å². The monoisotopic (exact) mass is 277 g/mol. The van der Waals surface area contributed by atoms with Crippen LogP contribution < -0.4 is 16.0 Å². The van der Waals surface area contributed by atoms with Gasteiger partial charge < -0.3 is 16.0 Å². The van der Waals surface area contributed by atoms with E-state index in [1.807, 2.05) is 31.2 Å². The minimum Gasteiger partial charge on any atom is -0.397 e. The predicted octanol–water partition coefficient (Wildman–Crippen LogP) is 2.65. The molecule has 3 N–H and O–H groups in total. The molecule has 4 nitrogen and oxygen atoms in total. The molecule has 1 rings (SSSR count). The van der Waals surface area contributed by atoms with Crippen LogP contribution in [0.5, 0.6) is 0 Å². The molecule has 0 saturated carbocycles. The van der Waals surface area contributed by atoms with Crippen molar-refractivity contribution in [2.24, 2.45) is 5.92 Å². The Hall–Kier alpha value is -1.71. The van der Waals surface area contributed by atoms with Crippen molar-refractivity contribution >= 4 is 17.3 Å². The molecule has 112 valence electrons. The van der Waals surface area contributed by atoms with Crippen LogP contribution in [-0.2, 0) is 4.79 Å². The van der Waals surface area contributed by atoms with Crippen molar-refractivity contribution in [2.75, 3.05) is 23.7 Å². The molecule has 1 aromatic rings. The fourth-order valence-electron chi connectivity index (χ4n) is 2.11. The quantitative estimate of drug-likeness (QED) is 0.753. The lowest BCUT2D eigenvalue weighted by atomic mass is 10.1. The number of nitrogens with zero attached hydrogens (tertiary/aromatic N) is 1. The number of nitrogen functional groups attached to an aromatic ring is 1. The molecule has 0 radical (unpaired) electrons. The molecular weight excluding hydrogens is 250 g/mol. The van der Waals surface area contributed by atoms with E-state index in [2.05, 4.69) is 31.0 Å². The maximum Gasteiger partial charge on any atom is 0.242 e. The van der Waals surface area contributed by atoms with Gasteiger partial charge in [-0.2, -0.15) is 0 Å². The summed E-state index contributed by atoms with van der Waals surface area (Å²) < 4.78 is 0. The summed E-state index contributed by atoms with van der Waals surface area (Å²) in [5.74, 6) is 0.503. The zero-order valence-corrected chi connectivity index (χ0v) is 13.0. The van der Waals surface area contributed by atoms with Gasteiger partial charge in [0.25, 0.3) is 0 Å². The fraction of sp³-hybridized carbons (Fsp3) is 0.562. The Morgan fingerprint density at radius 1 is 1.30 bits per heavy atom. The Kier molecular flexibility index (Phi) is 6.36. The zero-order chi connectivity index (χ0) is 15.1. The number of carbonyl (C=O) groups is 1. The molecule has 0 spiro atoms. The van der Waals surface area contributed by atoms with Crippen LogP contribution in [0, 0.1) is 5.92 Å². The van der Waals surface area contributed by atoms with E-state index in [-0.39, 0.29) is 11.9 Å². The summed E-state index contributed by atoms with van der Waals surface area (Å²) in [6, 6.07) is 7.48. The van der Waals surface area contributed by atoms with Crippen molar-refractivity contribution in [1.29, 1.82) is 0 Å². The molecule has 1 unspecified atom stereocenters. The summed E-state index contributed by atoms with van der Waals surface area (Å²) in [7, 11) is 0. The molecule has 1 aromatic carbocycles. The van der Waals surface area contributed by atoms with E-state index >= 15 is 0 Å². The molecule has 1 amide bonds. The van der Waals surface area contributed by atoms with Gasteiger partial charge in [0.2, 0.25) is 5.91 Å². The van der Waals surface area contributed by atoms with Gasteiger partial charge in [0.15, 0.2) is 0 Å². The van der Waals surface area contributed by atoms with Crippen molar-refractivity contribution in [1.82, 2.24) is 5.32 Å². The van der Waals surface area contributed by atoms with Crippen LogP contribution in [0.25, 0.3) is 0 Å². The minimum atomic E-state index is -0.224. The first-order valence-electron chi connectivity index (χ1n) is 7.36. The second kappa shape index (κ2) is 7.78. The highest BCUT2D eigenvalue weighted by atomic mass is 16.2. The Morgan fingerprint density at radius 2 is 1.95 bits per heavy atom. The third-order valence-electron chi connectivity index (χ3n) is 3.24. The van der Waals surface area contributed by atoms with Gasteiger partial charge in [-0.1, -0.05) is 32.9 Å². The van der Waals surface area contributed by atoms with E-state index < -0.39 is 0 Å². The highest BCUT2D eigenvalue weighted by molar-refractivity contribution is 5.86. The molecular formula is C16H27N3O. The number of amides is 1. The number of para-hydroxylation sites is 2. The lowest BCUT2D eigenvalue weighted by Gasteiger charge is -2.31. The first-order chi connectivity index (χ1) is 9.47. The molecule has 0 aliphatic heterocycles. The summed E-state index contributed by atoms with van der Waals surface area (Å²) in [5, 5.41) is 2.99. The number of anilines is 2. The van der Waals surface area contributed by atoms with Crippen LogP contribution in [0.2, 0.25) is 0 Å². The van der Waals surface area contributed by atoms with Crippen molar-refractivity contribution in [3.63, 3.8) is 0 Å². The molecule has 0 aliphatic rings. The van der Waals surface area contributed by atoms with E-state index in [9.17, 15) is 4.79 Å². The standard InChI is InChI=1S/C16H27N3O/c1-5-10-19(15-9-7-6-8-14(15)17)13(4)16(20)18-11-12(2)3/h6-9,12-13H,5,10-11,17H2,1-4H3,(H,18,20). The van der Waals surface area contributed by atoms with Crippen LogP contribution in [-0.4, -0.2) is 25.0 Å². The highest BCUT2D eigenvalue weighted by Crippen LogP contribution is 2.24. The van der Waals surface area contributed by atoms with Crippen LogP contribution in [0.4, 0.5) is 11.4 Å². The van der Waals surface area contributed by atoms with Crippen LogP contribution >= 0.6 is 0 Å². The normalized spacial score (nSPS) is 12.2.